The van der Waals surface area contributed by atoms with Gasteiger partial charge in [-0.2, -0.15) is 13.2 Å². The van der Waals surface area contributed by atoms with Crippen LogP contribution in [0.25, 0.3) is 0 Å². The van der Waals surface area contributed by atoms with Crippen molar-refractivity contribution < 1.29 is 27.5 Å². The van der Waals surface area contributed by atoms with Crippen LogP contribution in [0.15, 0.2) is 24.4 Å². The predicted molar refractivity (Wildman–Crippen MR) is 80.3 cm³/mol. The molecule has 9 heteroatoms. The van der Waals surface area contributed by atoms with Crippen LogP contribution in [-0.2, 0) is 20.5 Å². The Labute approximate surface area is 140 Å². The van der Waals surface area contributed by atoms with Crippen LogP contribution in [0.1, 0.15) is 24.8 Å². The zero-order valence-electron chi connectivity index (χ0n) is 12.4. The molecule has 1 heterocycles. The highest BCUT2D eigenvalue weighted by Crippen LogP contribution is 2.32. The fourth-order valence-corrected chi connectivity index (χ4v) is 2.33. The van der Waals surface area contributed by atoms with E-state index in [1.165, 1.54) is 0 Å². The summed E-state index contributed by atoms with van der Waals surface area (Å²) in [5.74, 6) is -1.73. The number of pyridine rings is 1. The lowest BCUT2D eigenvalue weighted by atomic mass is 9.95. The monoisotopic (exact) mass is 362 g/mol. The van der Waals surface area contributed by atoms with Gasteiger partial charge in [-0.05, 0) is 25.3 Å². The Morgan fingerprint density at radius 2 is 2.12 bits per heavy atom. The lowest BCUT2D eigenvalue weighted by Crippen LogP contribution is -2.25. The van der Waals surface area contributed by atoms with Gasteiger partial charge in [-0.1, -0.05) is 23.8 Å². The molecule has 0 radical (unpaired) electrons. The van der Waals surface area contributed by atoms with Gasteiger partial charge in [-0.3, -0.25) is 9.59 Å². The Balaban J connectivity index is 1.88. The number of alkyl halides is 3. The second kappa shape index (κ2) is 7.65. The minimum absolute atomic E-state index is 0.230. The Morgan fingerprint density at radius 1 is 1.38 bits per heavy atom. The van der Waals surface area contributed by atoms with E-state index in [9.17, 15) is 22.8 Å². The zero-order chi connectivity index (χ0) is 17.7. The Bertz CT molecular complexity index is 662. The maximum Gasteiger partial charge on any atom is 0.417 e. The van der Waals surface area contributed by atoms with Crippen molar-refractivity contribution in [3.8, 4) is 0 Å². The standard InChI is InChI=1S/C15H14ClF3N2O3/c16-11-6-10(15(17,18)19)7-20-13(11)21-12(22)8-24-14(23)9-4-2-1-3-5-9/h1-2,6-7,9H,3-5,8H2,(H,20,21,22). The summed E-state index contributed by atoms with van der Waals surface area (Å²) in [5.41, 5.74) is -1.03. The number of rotatable bonds is 4. The number of carbonyl (C=O) groups excluding carboxylic acids is 2. The minimum atomic E-state index is -4.58. The van der Waals surface area contributed by atoms with Gasteiger partial charge in [0.05, 0.1) is 16.5 Å². The van der Waals surface area contributed by atoms with Gasteiger partial charge in [-0.15, -0.1) is 0 Å². The first-order chi connectivity index (χ1) is 11.3. The van der Waals surface area contributed by atoms with Crippen molar-refractivity contribution in [1.29, 1.82) is 0 Å². The third-order valence-electron chi connectivity index (χ3n) is 3.37. The summed E-state index contributed by atoms with van der Waals surface area (Å²) in [7, 11) is 0. The number of nitrogens with one attached hydrogen (secondary N) is 1. The molecule has 1 aromatic rings. The van der Waals surface area contributed by atoms with Crippen LogP contribution >= 0.6 is 11.6 Å². The topological polar surface area (TPSA) is 68.3 Å². The van der Waals surface area contributed by atoms with E-state index < -0.39 is 30.2 Å². The van der Waals surface area contributed by atoms with E-state index in [4.69, 9.17) is 16.3 Å². The average Bonchev–Trinajstić information content (AvgIpc) is 2.54. The van der Waals surface area contributed by atoms with Crippen molar-refractivity contribution >= 4 is 29.3 Å². The van der Waals surface area contributed by atoms with E-state index in [1.54, 1.807) is 0 Å². The molecule has 0 saturated carbocycles. The number of nitrogens with zero attached hydrogens (tertiary/aromatic N) is 1. The molecular formula is C15H14ClF3N2O3. The first kappa shape index (κ1) is 18.3. The van der Waals surface area contributed by atoms with E-state index in [1.807, 2.05) is 12.2 Å². The highest BCUT2D eigenvalue weighted by Gasteiger charge is 2.31. The summed E-state index contributed by atoms with van der Waals surface area (Å²) in [6, 6.07) is 0.657. The van der Waals surface area contributed by atoms with Gasteiger partial charge in [-0.25, -0.2) is 4.98 Å². The molecule has 1 atom stereocenters. The number of carbonyl (C=O) groups is 2. The van der Waals surface area contributed by atoms with E-state index in [-0.39, 0.29) is 16.8 Å². The highest BCUT2D eigenvalue weighted by molar-refractivity contribution is 6.33. The van der Waals surface area contributed by atoms with Crippen LogP contribution in [0.3, 0.4) is 0 Å². The van der Waals surface area contributed by atoms with Crippen LogP contribution in [0.2, 0.25) is 5.02 Å². The van der Waals surface area contributed by atoms with Crippen molar-refractivity contribution in [2.75, 3.05) is 11.9 Å². The number of allylic oxidation sites excluding steroid dienone is 2. The predicted octanol–water partition coefficient (Wildman–Crippen LogP) is 3.59. The average molecular weight is 363 g/mol. The normalized spacial score (nSPS) is 17.4. The van der Waals surface area contributed by atoms with E-state index in [2.05, 4.69) is 10.3 Å². The summed E-state index contributed by atoms with van der Waals surface area (Å²) in [5, 5.41) is 1.85. The fraction of sp³-hybridized carbons (Fsp3) is 0.400. The van der Waals surface area contributed by atoms with Crippen LogP contribution in [-0.4, -0.2) is 23.5 Å². The Morgan fingerprint density at radius 3 is 2.71 bits per heavy atom. The molecular weight excluding hydrogens is 349 g/mol. The number of anilines is 1. The van der Waals surface area contributed by atoms with Crippen LogP contribution < -0.4 is 5.32 Å². The van der Waals surface area contributed by atoms with E-state index in [0.717, 1.165) is 6.42 Å². The first-order valence-corrected chi connectivity index (χ1v) is 7.49. The van der Waals surface area contributed by atoms with Crippen molar-refractivity contribution in [2.45, 2.75) is 25.4 Å². The molecule has 0 aromatic carbocycles. The minimum Gasteiger partial charge on any atom is -0.455 e. The third kappa shape index (κ3) is 4.95. The van der Waals surface area contributed by atoms with Crippen molar-refractivity contribution in [3.63, 3.8) is 0 Å². The van der Waals surface area contributed by atoms with Crippen molar-refractivity contribution in [2.24, 2.45) is 5.92 Å². The summed E-state index contributed by atoms with van der Waals surface area (Å²) in [6.45, 7) is -0.557. The van der Waals surface area contributed by atoms with Crippen LogP contribution in [0.5, 0.6) is 0 Å². The molecule has 0 saturated heterocycles. The first-order valence-electron chi connectivity index (χ1n) is 7.11. The van der Waals surface area contributed by atoms with Crippen molar-refractivity contribution in [1.82, 2.24) is 4.98 Å². The van der Waals surface area contributed by atoms with Gasteiger partial charge in [0.1, 0.15) is 0 Å². The summed E-state index contributed by atoms with van der Waals surface area (Å²) in [4.78, 5) is 27.0. The number of halogens is 4. The van der Waals surface area contributed by atoms with E-state index in [0.29, 0.717) is 25.1 Å². The molecule has 24 heavy (non-hydrogen) atoms. The number of ether oxygens (including phenoxy) is 1. The molecule has 1 aliphatic rings. The van der Waals surface area contributed by atoms with Gasteiger partial charge in [0, 0.05) is 6.20 Å². The number of hydrogen-bond acceptors (Lipinski definition) is 4. The lowest BCUT2D eigenvalue weighted by molar-refractivity contribution is -0.151. The molecule has 1 amide bonds. The summed E-state index contributed by atoms with van der Waals surface area (Å²) in [6.07, 6.45) is 1.81. The van der Waals surface area contributed by atoms with Crippen LogP contribution in [0, 0.1) is 5.92 Å². The third-order valence-corrected chi connectivity index (χ3v) is 3.66. The largest absolute Gasteiger partial charge is 0.455 e. The maximum atomic E-state index is 12.5. The molecule has 0 spiro atoms. The van der Waals surface area contributed by atoms with Gasteiger partial charge in [0.2, 0.25) is 0 Å². The number of aromatic nitrogens is 1. The number of hydrogen-bond donors (Lipinski definition) is 1. The Kier molecular flexibility index (Phi) is 5.82. The Hall–Kier alpha value is -2.09. The fourth-order valence-electron chi connectivity index (χ4n) is 2.12. The molecule has 0 aliphatic heterocycles. The molecule has 0 bridgehead atoms. The molecule has 1 aliphatic carbocycles. The smallest absolute Gasteiger partial charge is 0.417 e. The molecule has 130 valence electrons. The lowest BCUT2D eigenvalue weighted by Gasteiger charge is -2.16. The van der Waals surface area contributed by atoms with E-state index >= 15 is 0 Å². The summed E-state index contributed by atoms with van der Waals surface area (Å²) >= 11 is 5.67. The van der Waals surface area contributed by atoms with Gasteiger partial charge < -0.3 is 10.1 Å². The molecule has 0 fully saturated rings. The number of amides is 1. The quantitative estimate of drug-likeness (QED) is 0.656. The molecule has 2 rings (SSSR count). The van der Waals surface area contributed by atoms with Crippen molar-refractivity contribution in [3.05, 3.63) is 35.0 Å². The zero-order valence-corrected chi connectivity index (χ0v) is 13.2. The maximum absolute atomic E-state index is 12.5. The SMILES string of the molecule is O=C(COC(=O)C1CC=CCC1)Nc1ncc(C(F)(F)F)cc1Cl. The van der Waals surface area contributed by atoms with Gasteiger partial charge in [0.15, 0.2) is 12.4 Å². The van der Waals surface area contributed by atoms with Gasteiger partial charge >= 0.3 is 12.1 Å². The molecule has 1 N–H and O–H groups in total. The van der Waals surface area contributed by atoms with Gasteiger partial charge in [0.25, 0.3) is 5.91 Å². The number of esters is 1. The molecule has 1 unspecified atom stereocenters. The van der Waals surface area contributed by atoms with Crippen LogP contribution in [0.4, 0.5) is 19.0 Å². The highest BCUT2D eigenvalue weighted by atomic mass is 35.5. The summed E-state index contributed by atoms with van der Waals surface area (Å²) < 4.78 is 42.4. The second-order valence-corrected chi connectivity index (χ2v) is 5.60. The second-order valence-electron chi connectivity index (χ2n) is 5.19. The molecule has 5 nitrogen and oxygen atoms in total. The molecule has 1 aromatic heterocycles.